The molecule has 348 valence electrons. The van der Waals surface area contributed by atoms with Gasteiger partial charge in [-0.1, -0.05) is 158 Å². The predicted molar refractivity (Wildman–Crippen MR) is 244 cm³/mol. The number of nitrogens with one attached hydrogen (secondary N) is 3. The minimum Gasteiger partial charge on any atom is -0.394 e. The van der Waals surface area contributed by atoms with Crippen LogP contribution in [0.5, 0.6) is 0 Å². The zero-order valence-corrected chi connectivity index (χ0v) is 38.3. The topological polar surface area (TPSA) is 193 Å². The van der Waals surface area contributed by atoms with Crippen LogP contribution < -0.4 is 26.6 Å². The minimum atomic E-state index is -2.70. The van der Waals surface area contributed by atoms with Gasteiger partial charge in [-0.05, 0) is 25.7 Å². The number of hydrogen-bond donors (Lipinski definition) is 6. The summed E-state index contributed by atoms with van der Waals surface area (Å²) in [6.07, 6.45) is 12.7. The maximum atomic E-state index is 14.0. The molecule has 5 atom stereocenters. The largest absolute Gasteiger partial charge is 0.394 e. The number of aliphatic hydroxyl groups excluding tert-OH is 2. The number of ether oxygens (including phenoxy) is 2. The number of hydrogen-bond acceptors (Lipinski definition) is 10. The first-order valence-electron chi connectivity index (χ1n) is 23.3. The molecule has 1 aliphatic heterocycles. The Morgan fingerprint density at radius 1 is 0.661 bits per heavy atom. The van der Waals surface area contributed by atoms with Gasteiger partial charge in [0.1, 0.15) is 18.2 Å². The van der Waals surface area contributed by atoms with Gasteiger partial charge in [-0.25, -0.2) is 0 Å². The van der Waals surface area contributed by atoms with Crippen molar-refractivity contribution in [2.24, 2.45) is 0 Å². The lowest BCUT2D eigenvalue weighted by atomic mass is 9.78. The average molecular weight is 886 g/mol. The Labute approximate surface area is 371 Å². The lowest BCUT2D eigenvalue weighted by Gasteiger charge is -2.49. The van der Waals surface area contributed by atoms with Gasteiger partial charge >= 0.3 is 0 Å². The van der Waals surface area contributed by atoms with Crippen molar-refractivity contribution in [1.29, 1.82) is 0 Å². The Bertz CT molecular complexity index is 1500. The van der Waals surface area contributed by atoms with Gasteiger partial charge in [-0.2, -0.15) is 0 Å². The van der Waals surface area contributed by atoms with E-state index in [0.717, 1.165) is 55.6 Å². The van der Waals surface area contributed by atoms with Crippen molar-refractivity contribution >= 4 is 42.3 Å². The number of amides is 3. The number of benzene rings is 2. The number of Topliss-reactive ketones (excluding diaryl/α,β-unsaturated/α-hetero) is 1. The van der Waals surface area contributed by atoms with E-state index in [1.165, 1.54) is 38.5 Å². The van der Waals surface area contributed by atoms with Gasteiger partial charge in [0.05, 0.1) is 34.5 Å². The van der Waals surface area contributed by atoms with Crippen LogP contribution in [0.4, 0.5) is 0 Å². The molecule has 0 aliphatic carbocycles. The summed E-state index contributed by atoms with van der Waals surface area (Å²) >= 11 is 0. The first-order valence-corrected chi connectivity index (χ1v) is 24.6. The van der Waals surface area contributed by atoms with E-state index in [4.69, 9.17) is 14.0 Å². The van der Waals surface area contributed by atoms with Crippen LogP contribution in [0.1, 0.15) is 142 Å². The molecule has 0 unspecified atom stereocenters. The Kier molecular flexibility index (Phi) is 27.0. The molecule has 13 nitrogen and oxygen atoms in total. The molecule has 62 heavy (non-hydrogen) atoms. The zero-order chi connectivity index (χ0) is 44.8. The van der Waals surface area contributed by atoms with Gasteiger partial charge in [0.15, 0.2) is 17.7 Å². The first-order chi connectivity index (χ1) is 30.1. The van der Waals surface area contributed by atoms with Crippen LogP contribution in [0.25, 0.3) is 0 Å². The van der Waals surface area contributed by atoms with Crippen LogP contribution in [-0.4, -0.2) is 102 Å². The van der Waals surface area contributed by atoms with Crippen molar-refractivity contribution in [3.8, 4) is 0 Å². The van der Waals surface area contributed by atoms with Crippen LogP contribution >= 0.6 is 8.15 Å². The van der Waals surface area contributed by atoms with Crippen LogP contribution in [0.2, 0.25) is 0 Å². The van der Waals surface area contributed by atoms with E-state index >= 15 is 0 Å². The van der Waals surface area contributed by atoms with Gasteiger partial charge in [0.25, 0.3) is 0 Å². The van der Waals surface area contributed by atoms with Crippen LogP contribution in [0, 0.1) is 0 Å². The minimum absolute atomic E-state index is 0.0214. The molecule has 3 amide bonds. The van der Waals surface area contributed by atoms with Gasteiger partial charge in [-0.3, -0.25) is 19.2 Å². The summed E-state index contributed by atoms with van der Waals surface area (Å²) in [6.45, 7) is 3.44. The molecule has 0 radical (unpaired) electrons. The molecule has 3 rings (SSSR count). The Morgan fingerprint density at radius 2 is 1.15 bits per heavy atom. The molecular weight excluding hydrogens is 810 g/mol. The molecule has 14 heteroatoms. The lowest BCUT2D eigenvalue weighted by Crippen LogP contribution is -2.76. The Balaban J connectivity index is 1.64. The average Bonchev–Trinajstić information content (AvgIpc) is 3.28. The highest BCUT2D eigenvalue weighted by Gasteiger charge is 2.60. The molecule has 6 N–H and O–H groups in total. The van der Waals surface area contributed by atoms with E-state index in [9.17, 15) is 34.5 Å². The maximum Gasteiger partial charge on any atom is 0.220 e. The molecule has 0 spiro atoms. The monoisotopic (exact) mass is 886 g/mol. The third-order valence-electron chi connectivity index (χ3n) is 11.2. The van der Waals surface area contributed by atoms with Gasteiger partial charge in [-0.15, -0.1) is 0 Å². The number of unbranched alkanes of at least 4 members (excludes halogenated alkanes) is 14. The van der Waals surface area contributed by atoms with Crippen LogP contribution in [0.3, 0.4) is 0 Å². The quantitative estimate of drug-likeness (QED) is 0.0359. The predicted octanol–water partition coefficient (Wildman–Crippen LogP) is 6.00. The Hall–Kier alpha value is -3.29. The standard InChI is InChI=1S/C48H76N3O10P/c1-3-5-7-9-10-11-12-14-23-31-43(55)50-36-41(53)48(58)45(51-44(56)32-24-17-25-33-49-42(54)30-22-13-8-6-4-2)47(61-40(37-52)46(48)57)59-34-35-60-62(38-26-18-15-19-27-38)39-28-20-16-21-29-39/h15-16,18-21,26-29,40,45-47,52,57-58H,3-14,17,22-25,30-37H2,1-2H3,(H,49,54)(H,50,55)(H,51,56)/t40-,45-,46-,47+,48-/m1/s1. The number of ketones is 1. The van der Waals surface area contributed by atoms with Gasteiger partial charge in [0.2, 0.25) is 17.7 Å². The third kappa shape index (κ3) is 19.2. The van der Waals surface area contributed by atoms with Crippen molar-refractivity contribution in [2.45, 2.75) is 172 Å². The summed E-state index contributed by atoms with van der Waals surface area (Å²) < 4.78 is 18.4. The Morgan fingerprint density at radius 3 is 1.68 bits per heavy atom. The van der Waals surface area contributed by atoms with E-state index < -0.39 is 63.1 Å². The van der Waals surface area contributed by atoms with Crippen LogP contribution in [-0.2, 0) is 33.2 Å². The summed E-state index contributed by atoms with van der Waals surface area (Å²) in [5.41, 5.74) is -2.70. The normalized spacial score (nSPS) is 19.9. The van der Waals surface area contributed by atoms with E-state index in [2.05, 4.69) is 29.8 Å². The molecule has 0 bridgehead atoms. The second-order valence-corrected chi connectivity index (χ2v) is 18.2. The third-order valence-corrected chi connectivity index (χ3v) is 13.2. The summed E-state index contributed by atoms with van der Waals surface area (Å²) in [5, 5.41) is 44.0. The molecule has 1 saturated heterocycles. The van der Waals surface area contributed by atoms with Gasteiger partial charge in [0, 0.05) is 36.4 Å². The van der Waals surface area contributed by atoms with Crippen molar-refractivity contribution < 1.29 is 48.5 Å². The molecule has 2 aromatic carbocycles. The second-order valence-electron chi connectivity index (χ2n) is 16.3. The lowest BCUT2D eigenvalue weighted by molar-refractivity contribution is -0.292. The fourth-order valence-corrected chi connectivity index (χ4v) is 9.30. The molecule has 0 saturated carbocycles. The molecule has 1 heterocycles. The summed E-state index contributed by atoms with van der Waals surface area (Å²) in [6, 6.07) is 17.9. The summed E-state index contributed by atoms with van der Waals surface area (Å²) in [4.78, 5) is 52.5. The van der Waals surface area contributed by atoms with E-state index in [1.807, 2.05) is 60.7 Å². The number of carbonyl (C=O) groups is 4. The van der Waals surface area contributed by atoms with Crippen molar-refractivity contribution in [3.05, 3.63) is 60.7 Å². The van der Waals surface area contributed by atoms with E-state index in [0.29, 0.717) is 38.6 Å². The smallest absolute Gasteiger partial charge is 0.220 e. The van der Waals surface area contributed by atoms with Crippen molar-refractivity contribution in [2.75, 3.05) is 32.9 Å². The zero-order valence-electron chi connectivity index (χ0n) is 37.4. The number of aliphatic hydroxyl groups is 3. The number of rotatable bonds is 34. The molecule has 1 aliphatic rings. The van der Waals surface area contributed by atoms with Gasteiger partial charge < -0.3 is 45.3 Å². The second kappa shape index (κ2) is 31.5. The van der Waals surface area contributed by atoms with Crippen molar-refractivity contribution in [3.63, 3.8) is 0 Å². The van der Waals surface area contributed by atoms with Crippen LogP contribution in [0.15, 0.2) is 60.7 Å². The highest BCUT2D eigenvalue weighted by atomic mass is 31.1. The van der Waals surface area contributed by atoms with E-state index in [1.54, 1.807) is 0 Å². The molecule has 2 aromatic rings. The molecule has 0 aromatic heterocycles. The van der Waals surface area contributed by atoms with E-state index in [-0.39, 0.29) is 37.9 Å². The fraction of sp³-hybridized carbons (Fsp3) is 0.667. The summed E-state index contributed by atoms with van der Waals surface area (Å²) in [7, 11) is -1.23. The molecular formula is C48H76N3O10P. The summed E-state index contributed by atoms with van der Waals surface area (Å²) in [5.74, 6) is -1.83. The first kappa shape index (κ1) is 53.1. The van der Waals surface area contributed by atoms with Crippen molar-refractivity contribution in [1.82, 2.24) is 16.0 Å². The SMILES string of the molecule is CCCCCCCCCCCC(=O)NCC(=O)[C@]1(O)[C@H](O)[C@@H](CO)O[C@H](OCCOP(c2ccccc2)c2ccccc2)[C@H]1NC(=O)CCCCCNC(=O)CCCCCCC. The molecule has 1 fully saturated rings. The highest BCUT2D eigenvalue weighted by molar-refractivity contribution is 7.68. The highest BCUT2D eigenvalue weighted by Crippen LogP contribution is 2.35. The number of carbonyl (C=O) groups excluding carboxylic acids is 4. The fourth-order valence-electron chi connectivity index (χ4n) is 7.56. The maximum absolute atomic E-state index is 14.0.